The molecule has 0 aromatic carbocycles. The predicted octanol–water partition coefficient (Wildman–Crippen LogP) is 0.335. The summed E-state index contributed by atoms with van der Waals surface area (Å²) in [7, 11) is 1.68. The molecule has 4 nitrogen and oxygen atoms in total. The molecule has 2 atom stereocenters. The Bertz CT molecular complexity index is 154. The Hall–Kier alpha value is -0.900. The van der Waals surface area contributed by atoms with Crippen molar-refractivity contribution in [1.82, 2.24) is 5.32 Å². The summed E-state index contributed by atoms with van der Waals surface area (Å²) in [6, 6.07) is -0.190. The van der Waals surface area contributed by atoms with Gasteiger partial charge in [-0.2, -0.15) is 0 Å². The van der Waals surface area contributed by atoms with E-state index in [0.29, 0.717) is 0 Å². The molecular formula is C7H14N2O2. The first-order valence-electron chi connectivity index (χ1n) is 3.45. The van der Waals surface area contributed by atoms with Crippen molar-refractivity contribution in [2.45, 2.75) is 19.9 Å². The highest BCUT2D eigenvalue weighted by Gasteiger charge is 2.25. The fraction of sp³-hybridized carbons (Fsp3) is 0.714. The van der Waals surface area contributed by atoms with Gasteiger partial charge >= 0.3 is 5.97 Å². The number of nitrogens with one attached hydrogen (secondary N) is 2. The van der Waals surface area contributed by atoms with Gasteiger partial charge in [0.2, 0.25) is 0 Å². The molecule has 0 spiro atoms. The summed E-state index contributed by atoms with van der Waals surface area (Å²) in [5.74, 6) is -1.65. The minimum Gasteiger partial charge on any atom is -0.481 e. The van der Waals surface area contributed by atoms with E-state index in [0.717, 1.165) is 0 Å². The summed E-state index contributed by atoms with van der Waals surface area (Å²) in [5.41, 5.74) is 0.180. The quantitative estimate of drug-likeness (QED) is 0.516. The zero-order chi connectivity index (χ0) is 9.02. The number of hydrogen-bond acceptors (Lipinski definition) is 3. The lowest BCUT2D eigenvalue weighted by Gasteiger charge is -2.17. The van der Waals surface area contributed by atoms with Gasteiger partial charge < -0.3 is 15.8 Å². The molecule has 0 heterocycles. The van der Waals surface area contributed by atoms with Crippen LogP contribution in [-0.4, -0.2) is 29.9 Å². The number of carboxylic acid groups (broad SMARTS) is 1. The average molecular weight is 158 g/mol. The van der Waals surface area contributed by atoms with Crippen LogP contribution in [0.1, 0.15) is 13.8 Å². The predicted molar refractivity (Wildman–Crippen MR) is 43.0 cm³/mol. The van der Waals surface area contributed by atoms with E-state index >= 15 is 0 Å². The van der Waals surface area contributed by atoms with E-state index in [2.05, 4.69) is 5.32 Å². The van der Waals surface area contributed by atoms with E-state index in [4.69, 9.17) is 10.5 Å². The van der Waals surface area contributed by atoms with Crippen molar-refractivity contribution in [3.05, 3.63) is 0 Å². The second-order valence-corrected chi connectivity index (χ2v) is 2.58. The maximum Gasteiger partial charge on any atom is 0.313 e. The maximum atomic E-state index is 10.6. The lowest BCUT2D eigenvalue weighted by Crippen LogP contribution is -2.39. The topological polar surface area (TPSA) is 73.2 Å². The number of carbonyl (C=O) groups is 1. The average Bonchev–Trinajstić information content (AvgIpc) is 1.85. The van der Waals surface area contributed by atoms with Crippen molar-refractivity contribution < 1.29 is 9.90 Å². The lowest BCUT2D eigenvalue weighted by molar-refractivity contribution is -0.140. The minimum absolute atomic E-state index is 0.180. The highest BCUT2D eigenvalue weighted by molar-refractivity contribution is 5.99. The van der Waals surface area contributed by atoms with E-state index in [1.807, 2.05) is 0 Å². The van der Waals surface area contributed by atoms with Gasteiger partial charge in [0, 0.05) is 11.8 Å². The van der Waals surface area contributed by atoms with E-state index in [-0.39, 0.29) is 11.8 Å². The van der Waals surface area contributed by atoms with Crippen LogP contribution in [0.2, 0.25) is 0 Å². The Morgan fingerprint density at radius 1 is 1.64 bits per heavy atom. The number of rotatable bonds is 4. The van der Waals surface area contributed by atoms with Gasteiger partial charge in [-0.05, 0) is 20.9 Å². The van der Waals surface area contributed by atoms with Crippen LogP contribution in [0.25, 0.3) is 0 Å². The molecule has 0 aromatic heterocycles. The van der Waals surface area contributed by atoms with Gasteiger partial charge in [0.05, 0.1) is 0 Å². The summed E-state index contributed by atoms with van der Waals surface area (Å²) < 4.78 is 0. The lowest BCUT2D eigenvalue weighted by atomic mass is 9.97. The van der Waals surface area contributed by atoms with Crippen LogP contribution < -0.4 is 5.32 Å². The molecule has 4 heteroatoms. The summed E-state index contributed by atoms with van der Waals surface area (Å²) in [6.45, 7) is 3.25. The van der Waals surface area contributed by atoms with Crippen LogP contribution in [0.15, 0.2) is 0 Å². The normalized spacial score (nSPS) is 15.5. The van der Waals surface area contributed by atoms with E-state index in [1.54, 1.807) is 14.0 Å². The first-order valence-corrected chi connectivity index (χ1v) is 3.45. The molecular weight excluding hydrogens is 144 g/mol. The van der Waals surface area contributed by atoms with Crippen LogP contribution in [-0.2, 0) is 4.79 Å². The molecule has 0 fully saturated rings. The van der Waals surface area contributed by atoms with Gasteiger partial charge in [0.25, 0.3) is 0 Å². The fourth-order valence-electron chi connectivity index (χ4n) is 0.941. The van der Waals surface area contributed by atoms with E-state index in [1.165, 1.54) is 6.92 Å². The Morgan fingerprint density at radius 3 is 2.18 bits per heavy atom. The molecule has 0 aromatic rings. The Labute approximate surface area is 66.1 Å². The van der Waals surface area contributed by atoms with Gasteiger partial charge in [-0.1, -0.05) is 0 Å². The molecule has 0 saturated carbocycles. The summed E-state index contributed by atoms with van der Waals surface area (Å²) >= 11 is 0. The smallest absolute Gasteiger partial charge is 0.313 e. The van der Waals surface area contributed by atoms with Crippen molar-refractivity contribution in [1.29, 1.82) is 5.41 Å². The number of aliphatic carboxylic acids is 1. The summed E-state index contributed by atoms with van der Waals surface area (Å²) in [5, 5.41) is 18.7. The Balaban J connectivity index is 4.34. The first-order chi connectivity index (χ1) is 5.00. The molecule has 64 valence electrons. The molecule has 0 amide bonds. The zero-order valence-corrected chi connectivity index (χ0v) is 7.01. The zero-order valence-electron chi connectivity index (χ0n) is 7.01. The SMILES string of the molecule is CN[C@@H](C)C(C(C)=N)C(=O)O. The molecule has 0 aliphatic rings. The van der Waals surface area contributed by atoms with Crippen molar-refractivity contribution in [3.63, 3.8) is 0 Å². The molecule has 11 heavy (non-hydrogen) atoms. The van der Waals surface area contributed by atoms with Crippen LogP contribution in [0.3, 0.4) is 0 Å². The number of carboxylic acids is 1. The minimum atomic E-state index is -0.945. The molecule has 1 unspecified atom stereocenters. The third kappa shape index (κ3) is 2.67. The van der Waals surface area contributed by atoms with Gasteiger partial charge in [0.1, 0.15) is 5.92 Å². The maximum absolute atomic E-state index is 10.6. The van der Waals surface area contributed by atoms with Crippen molar-refractivity contribution >= 4 is 11.7 Å². The standard InChI is InChI=1S/C7H14N2O2/c1-4(8)6(7(10)11)5(2)9-3/h5-6,8-9H,1-3H3,(H,10,11)/t5-,6?/m0/s1. The third-order valence-corrected chi connectivity index (χ3v) is 1.69. The van der Waals surface area contributed by atoms with Crippen molar-refractivity contribution in [3.8, 4) is 0 Å². The van der Waals surface area contributed by atoms with Gasteiger partial charge in [-0.25, -0.2) is 0 Å². The van der Waals surface area contributed by atoms with Crippen molar-refractivity contribution in [2.24, 2.45) is 5.92 Å². The van der Waals surface area contributed by atoms with Gasteiger partial charge in [-0.3, -0.25) is 4.79 Å². The van der Waals surface area contributed by atoms with Crippen LogP contribution in [0, 0.1) is 11.3 Å². The van der Waals surface area contributed by atoms with Gasteiger partial charge in [-0.15, -0.1) is 0 Å². The molecule has 0 radical (unpaired) electrons. The van der Waals surface area contributed by atoms with Gasteiger partial charge in [0.15, 0.2) is 0 Å². The molecule has 0 aliphatic carbocycles. The van der Waals surface area contributed by atoms with E-state index in [9.17, 15) is 4.79 Å². The van der Waals surface area contributed by atoms with Crippen LogP contribution in [0.4, 0.5) is 0 Å². The molecule has 0 bridgehead atoms. The van der Waals surface area contributed by atoms with Crippen LogP contribution >= 0.6 is 0 Å². The molecule has 0 rings (SSSR count). The molecule has 0 aliphatic heterocycles. The summed E-state index contributed by atoms with van der Waals surface area (Å²) in [4.78, 5) is 10.6. The largest absolute Gasteiger partial charge is 0.481 e. The second-order valence-electron chi connectivity index (χ2n) is 2.58. The molecule has 0 saturated heterocycles. The van der Waals surface area contributed by atoms with Crippen molar-refractivity contribution in [2.75, 3.05) is 7.05 Å². The van der Waals surface area contributed by atoms with E-state index < -0.39 is 11.9 Å². The highest BCUT2D eigenvalue weighted by Crippen LogP contribution is 2.04. The summed E-state index contributed by atoms with van der Waals surface area (Å²) in [6.07, 6.45) is 0. The Kier molecular flexibility index (Phi) is 3.74. The third-order valence-electron chi connectivity index (χ3n) is 1.69. The second kappa shape index (κ2) is 4.08. The fourth-order valence-corrected chi connectivity index (χ4v) is 0.941. The Morgan fingerprint density at radius 2 is 2.09 bits per heavy atom. The van der Waals surface area contributed by atoms with Crippen LogP contribution in [0.5, 0.6) is 0 Å². The first kappa shape index (κ1) is 10.1. The number of hydrogen-bond donors (Lipinski definition) is 3. The highest BCUT2D eigenvalue weighted by atomic mass is 16.4. The monoisotopic (exact) mass is 158 g/mol. The molecule has 3 N–H and O–H groups in total.